The van der Waals surface area contributed by atoms with E-state index in [1.807, 2.05) is 20.9 Å². The molecule has 0 unspecified atom stereocenters. The van der Waals surface area contributed by atoms with Gasteiger partial charge in [-0.05, 0) is 40.3 Å². The van der Waals surface area contributed by atoms with Gasteiger partial charge in [-0.3, -0.25) is 9.59 Å². The second-order valence-electron chi connectivity index (χ2n) is 6.78. The number of Topliss-reactive ketones (excluding diaryl/α,β-unsaturated/α-hetero) is 1. The third-order valence-corrected chi connectivity index (χ3v) is 3.46. The van der Waals surface area contributed by atoms with Crippen LogP contribution in [0.5, 0.6) is 0 Å². The molecule has 1 aromatic rings. The van der Waals surface area contributed by atoms with Crippen LogP contribution in [0.2, 0.25) is 0 Å². The topological polar surface area (TPSA) is 49.4 Å². The molecule has 0 bridgehead atoms. The third kappa shape index (κ3) is 7.36. The number of nitrogens with zero attached hydrogens (tertiary/aromatic N) is 1. The summed E-state index contributed by atoms with van der Waals surface area (Å²) in [5.74, 6) is 0.0730. The summed E-state index contributed by atoms with van der Waals surface area (Å²) in [6.07, 6.45) is 0.793. The van der Waals surface area contributed by atoms with Crippen molar-refractivity contribution in [2.24, 2.45) is 0 Å². The second kappa shape index (κ2) is 8.08. The Morgan fingerprint density at radius 1 is 1.18 bits per heavy atom. The summed E-state index contributed by atoms with van der Waals surface area (Å²) in [5, 5.41) is 2.93. The number of rotatable bonds is 8. The van der Waals surface area contributed by atoms with Crippen molar-refractivity contribution in [3.63, 3.8) is 0 Å². The number of aryl methyl sites for hydroxylation is 1. The lowest BCUT2D eigenvalue weighted by Crippen LogP contribution is -2.45. The van der Waals surface area contributed by atoms with E-state index in [0.29, 0.717) is 19.4 Å². The smallest absolute Gasteiger partial charge is 0.221 e. The Labute approximate surface area is 133 Å². The normalized spacial score (nSPS) is 11.5. The molecule has 0 aromatic heterocycles. The molecule has 0 atom stereocenters. The summed E-state index contributed by atoms with van der Waals surface area (Å²) < 4.78 is 0. The number of hydrogen-bond donors (Lipinski definition) is 1. The number of ketones is 1. The minimum Gasteiger partial charge on any atom is -0.351 e. The quantitative estimate of drug-likeness (QED) is 0.803. The van der Waals surface area contributed by atoms with Gasteiger partial charge < -0.3 is 10.2 Å². The van der Waals surface area contributed by atoms with E-state index in [2.05, 4.69) is 41.4 Å². The van der Waals surface area contributed by atoms with Gasteiger partial charge in [0.15, 0.2) is 0 Å². The molecule has 0 aliphatic carbocycles. The van der Waals surface area contributed by atoms with E-state index in [4.69, 9.17) is 0 Å². The number of amides is 1. The van der Waals surface area contributed by atoms with Gasteiger partial charge in [-0.2, -0.15) is 0 Å². The number of nitrogens with one attached hydrogen (secondary N) is 1. The highest BCUT2D eigenvalue weighted by Gasteiger charge is 2.22. The molecule has 122 valence electrons. The van der Waals surface area contributed by atoms with Gasteiger partial charge in [0, 0.05) is 31.5 Å². The molecule has 0 aliphatic heterocycles. The average molecular weight is 304 g/mol. The molecular formula is C18H28N2O2. The number of hydrogen-bond acceptors (Lipinski definition) is 3. The van der Waals surface area contributed by atoms with E-state index in [9.17, 15) is 9.59 Å². The molecule has 4 nitrogen and oxygen atoms in total. The van der Waals surface area contributed by atoms with Gasteiger partial charge in [0.05, 0.1) is 0 Å². The third-order valence-electron chi connectivity index (χ3n) is 3.46. The molecule has 1 N–H and O–H groups in total. The number of carbonyl (C=O) groups excluding carboxylic acids is 2. The molecule has 0 spiro atoms. The predicted octanol–water partition coefficient (Wildman–Crippen LogP) is 2.69. The van der Waals surface area contributed by atoms with Gasteiger partial charge in [-0.25, -0.2) is 0 Å². The van der Waals surface area contributed by atoms with E-state index in [1.165, 1.54) is 11.1 Å². The highest BCUT2D eigenvalue weighted by atomic mass is 16.2. The van der Waals surface area contributed by atoms with Gasteiger partial charge in [-0.1, -0.05) is 29.8 Å². The molecule has 0 radical (unpaired) electrons. The van der Waals surface area contributed by atoms with Crippen molar-refractivity contribution in [2.75, 3.05) is 13.6 Å². The summed E-state index contributed by atoms with van der Waals surface area (Å²) in [4.78, 5) is 25.3. The zero-order chi connectivity index (χ0) is 16.8. The van der Waals surface area contributed by atoms with E-state index in [0.717, 1.165) is 6.54 Å². The molecule has 0 aliphatic rings. The SMILES string of the molecule is CC(=O)CC(C)(C)NC(=O)CCN(C)Cc1ccc(C)cc1. The van der Waals surface area contributed by atoms with Crippen molar-refractivity contribution >= 4 is 11.7 Å². The molecule has 0 saturated heterocycles. The van der Waals surface area contributed by atoms with Crippen molar-refractivity contribution in [3.8, 4) is 0 Å². The van der Waals surface area contributed by atoms with Crippen LogP contribution in [0.15, 0.2) is 24.3 Å². The van der Waals surface area contributed by atoms with Crippen LogP contribution in [0.25, 0.3) is 0 Å². The first-order valence-electron chi connectivity index (χ1n) is 7.72. The molecule has 0 fully saturated rings. The van der Waals surface area contributed by atoms with Crippen LogP contribution in [-0.4, -0.2) is 35.7 Å². The summed E-state index contributed by atoms with van der Waals surface area (Å²) in [6, 6.07) is 8.42. The largest absolute Gasteiger partial charge is 0.351 e. The van der Waals surface area contributed by atoms with Gasteiger partial charge in [-0.15, -0.1) is 0 Å². The van der Waals surface area contributed by atoms with Crippen LogP contribution < -0.4 is 5.32 Å². The van der Waals surface area contributed by atoms with Crippen molar-refractivity contribution in [2.45, 2.75) is 52.6 Å². The minimum absolute atomic E-state index is 0.0120. The molecule has 1 rings (SSSR count). The zero-order valence-electron chi connectivity index (χ0n) is 14.4. The Morgan fingerprint density at radius 3 is 2.32 bits per heavy atom. The van der Waals surface area contributed by atoms with Crippen LogP contribution in [0.4, 0.5) is 0 Å². The Balaban J connectivity index is 2.37. The maximum Gasteiger partial charge on any atom is 0.221 e. The van der Waals surface area contributed by atoms with Crippen LogP contribution in [0.3, 0.4) is 0 Å². The maximum absolute atomic E-state index is 12.0. The Kier molecular flexibility index (Phi) is 6.75. The molecule has 0 saturated carbocycles. The fraction of sp³-hybridized carbons (Fsp3) is 0.556. The summed E-state index contributed by atoms with van der Waals surface area (Å²) in [6.45, 7) is 8.88. The lowest BCUT2D eigenvalue weighted by Gasteiger charge is -2.25. The van der Waals surface area contributed by atoms with Gasteiger partial charge >= 0.3 is 0 Å². The average Bonchev–Trinajstić information content (AvgIpc) is 2.37. The molecule has 22 heavy (non-hydrogen) atoms. The number of carbonyl (C=O) groups is 2. The minimum atomic E-state index is -0.474. The Morgan fingerprint density at radius 2 is 1.77 bits per heavy atom. The molecule has 4 heteroatoms. The lowest BCUT2D eigenvalue weighted by molar-refractivity contribution is -0.124. The molecule has 1 amide bonds. The molecular weight excluding hydrogens is 276 g/mol. The first-order valence-corrected chi connectivity index (χ1v) is 7.72. The second-order valence-corrected chi connectivity index (χ2v) is 6.78. The molecule has 0 heterocycles. The first kappa shape index (κ1) is 18.4. The predicted molar refractivity (Wildman–Crippen MR) is 89.6 cm³/mol. The maximum atomic E-state index is 12.0. The first-order chi connectivity index (χ1) is 10.2. The van der Waals surface area contributed by atoms with Crippen molar-refractivity contribution in [1.29, 1.82) is 0 Å². The lowest BCUT2D eigenvalue weighted by atomic mass is 9.98. The van der Waals surface area contributed by atoms with Gasteiger partial charge in [0.1, 0.15) is 5.78 Å². The van der Waals surface area contributed by atoms with E-state index in [-0.39, 0.29) is 11.7 Å². The van der Waals surface area contributed by atoms with Crippen molar-refractivity contribution < 1.29 is 9.59 Å². The fourth-order valence-electron chi connectivity index (χ4n) is 2.48. The van der Waals surface area contributed by atoms with Crippen LogP contribution >= 0.6 is 0 Å². The standard InChI is InChI=1S/C18H28N2O2/c1-14-6-8-16(9-7-14)13-20(5)11-10-17(22)19-18(3,4)12-15(2)21/h6-9H,10-13H2,1-5H3,(H,19,22). The van der Waals surface area contributed by atoms with Gasteiger partial charge in [0.2, 0.25) is 5.91 Å². The van der Waals surface area contributed by atoms with Crippen molar-refractivity contribution in [1.82, 2.24) is 10.2 Å². The highest BCUT2D eigenvalue weighted by Crippen LogP contribution is 2.10. The van der Waals surface area contributed by atoms with Crippen LogP contribution in [-0.2, 0) is 16.1 Å². The zero-order valence-corrected chi connectivity index (χ0v) is 14.4. The van der Waals surface area contributed by atoms with E-state index >= 15 is 0 Å². The van der Waals surface area contributed by atoms with Gasteiger partial charge in [0.25, 0.3) is 0 Å². The molecule has 1 aromatic carbocycles. The Hall–Kier alpha value is -1.68. The summed E-state index contributed by atoms with van der Waals surface area (Å²) in [5.41, 5.74) is 2.02. The number of benzene rings is 1. The van der Waals surface area contributed by atoms with Crippen molar-refractivity contribution in [3.05, 3.63) is 35.4 Å². The monoisotopic (exact) mass is 304 g/mol. The highest BCUT2D eigenvalue weighted by molar-refractivity contribution is 5.80. The summed E-state index contributed by atoms with van der Waals surface area (Å²) >= 11 is 0. The van der Waals surface area contributed by atoms with E-state index < -0.39 is 5.54 Å². The van der Waals surface area contributed by atoms with Crippen LogP contribution in [0.1, 0.15) is 44.7 Å². The van der Waals surface area contributed by atoms with Crippen LogP contribution in [0, 0.1) is 6.92 Å². The fourth-order valence-corrected chi connectivity index (χ4v) is 2.48. The Bertz CT molecular complexity index is 506. The van der Waals surface area contributed by atoms with E-state index in [1.54, 1.807) is 6.92 Å². The summed E-state index contributed by atoms with van der Waals surface area (Å²) in [7, 11) is 2.01.